The number of hydrogen-bond donors (Lipinski definition) is 1. The normalized spacial score (nSPS) is 25.0. The van der Waals surface area contributed by atoms with E-state index in [4.69, 9.17) is 29.9 Å². The van der Waals surface area contributed by atoms with Crippen molar-refractivity contribution in [3.8, 4) is 11.3 Å². The van der Waals surface area contributed by atoms with Gasteiger partial charge in [0, 0.05) is 50.2 Å². The van der Waals surface area contributed by atoms with E-state index in [2.05, 4.69) is 19.8 Å². The number of fused-ring (bicyclic) bond motifs is 1. The van der Waals surface area contributed by atoms with Crippen molar-refractivity contribution in [2.75, 3.05) is 68.1 Å². The van der Waals surface area contributed by atoms with Gasteiger partial charge in [0.05, 0.1) is 32.1 Å². The number of morpholine rings is 1. The number of rotatable bonds is 3. The second-order valence-electron chi connectivity index (χ2n) is 7.06. The summed E-state index contributed by atoms with van der Waals surface area (Å²) in [4.78, 5) is 22.2. The molecule has 3 aliphatic rings. The third kappa shape index (κ3) is 3.46. The molecular weight excluding hydrogens is 362 g/mol. The molecule has 5 heterocycles. The Bertz CT molecular complexity index is 814. The van der Waals surface area contributed by atoms with Crippen molar-refractivity contribution in [1.82, 2.24) is 19.9 Å². The average Bonchev–Trinajstić information content (AvgIpc) is 3.19. The van der Waals surface area contributed by atoms with Gasteiger partial charge in [0.15, 0.2) is 0 Å². The third-order valence-corrected chi connectivity index (χ3v) is 5.25. The van der Waals surface area contributed by atoms with Crippen molar-refractivity contribution >= 4 is 17.7 Å². The molecule has 0 spiro atoms. The summed E-state index contributed by atoms with van der Waals surface area (Å²) < 4.78 is 17.2. The van der Waals surface area contributed by atoms with Crippen molar-refractivity contribution in [1.29, 1.82) is 0 Å². The minimum absolute atomic E-state index is 0.0627. The Balaban J connectivity index is 1.50. The predicted octanol–water partition coefficient (Wildman–Crippen LogP) is -0.0436. The number of ether oxygens (including phenoxy) is 3. The maximum absolute atomic E-state index is 5.85. The van der Waals surface area contributed by atoms with Crippen molar-refractivity contribution in [3.05, 3.63) is 18.5 Å². The van der Waals surface area contributed by atoms with Gasteiger partial charge in [-0.1, -0.05) is 0 Å². The molecule has 0 bridgehead atoms. The van der Waals surface area contributed by atoms with Gasteiger partial charge in [-0.2, -0.15) is 4.98 Å². The minimum Gasteiger partial charge on any atom is -0.378 e. The number of nitrogens with zero attached hydrogens (tertiary/aromatic N) is 6. The SMILES string of the molecule is Nc1ncc(-c2cc(N3CCOCC3)nc(N3C[C@H]4OCCO[C@@H]4C3)n2)cn1. The van der Waals surface area contributed by atoms with Crippen LogP contribution >= 0.6 is 0 Å². The zero-order valence-corrected chi connectivity index (χ0v) is 15.5. The van der Waals surface area contributed by atoms with Crippen molar-refractivity contribution in [2.24, 2.45) is 0 Å². The zero-order valence-electron chi connectivity index (χ0n) is 15.5. The Morgan fingerprint density at radius 1 is 0.893 bits per heavy atom. The summed E-state index contributed by atoms with van der Waals surface area (Å²) in [7, 11) is 0. The van der Waals surface area contributed by atoms with E-state index in [1.807, 2.05) is 6.07 Å². The van der Waals surface area contributed by atoms with Gasteiger partial charge in [-0.05, 0) is 0 Å². The van der Waals surface area contributed by atoms with Gasteiger partial charge in [-0.15, -0.1) is 0 Å². The van der Waals surface area contributed by atoms with E-state index in [0.29, 0.717) is 32.4 Å². The average molecular weight is 385 g/mol. The van der Waals surface area contributed by atoms with E-state index < -0.39 is 0 Å². The Labute approximate surface area is 162 Å². The van der Waals surface area contributed by atoms with Crippen LogP contribution in [0.3, 0.4) is 0 Å². The maximum atomic E-state index is 5.85. The Morgan fingerprint density at radius 3 is 2.25 bits per heavy atom. The first-order chi connectivity index (χ1) is 13.8. The number of aromatic nitrogens is 4. The van der Waals surface area contributed by atoms with Gasteiger partial charge in [0.25, 0.3) is 0 Å². The van der Waals surface area contributed by atoms with Gasteiger partial charge in [0.2, 0.25) is 11.9 Å². The fraction of sp³-hybridized carbons (Fsp3) is 0.556. The first-order valence-corrected chi connectivity index (χ1v) is 9.54. The molecule has 3 saturated heterocycles. The van der Waals surface area contributed by atoms with Crippen LogP contribution in [0, 0.1) is 0 Å². The van der Waals surface area contributed by atoms with Gasteiger partial charge >= 0.3 is 0 Å². The van der Waals surface area contributed by atoms with Gasteiger partial charge < -0.3 is 29.7 Å². The molecule has 0 aliphatic carbocycles. The van der Waals surface area contributed by atoms with Crippen molar-refractivity contribution in [3.63, 3.8) is 0 Å². The molecule has 5 rings (SSSR count). The van der Waals surface area contributed by atoms with Gasteiger partial charge in [0.1, 0.15) is 18.0 Å². The molecule has 10 heteroatoms. The lowest BCUT2D eigenvalue weighted by molar-refractivity contribution is -0.116. The highest BCUT2D eigenvalue weighted by molar-refractivity contribution is 5.64. The van der Waals surface area contributed by atoms with Crippen LogP contribution in [0.2, 0.25) is 0 Å². The van der Waals surface area contributed by atoms with E-state index >= 15 is 0 Å². The summed E-state index contributed by atoms with van der Waals surface area (Å²) in [5.41, 5.74) is 7.20. The zero-order chi connectivity index (χ0) is 18.9. The highest BCUT2D eigenvalue weighted by Crippen LogP contribution is 2.28. The molecule has 0 saturated carbocycles. The molecule has 3 fully saturated rings. The summed E-state index contributed by atoms with van der Waals surface area (Å²) in [5, 5.41) is 0. The fourth-order valence-corrected chi connectivity index (χ4v) is 3.76. The Hall–Kier alpha value is -2.56. The molecular formula is C18H23N7O3. The van der Waals surface area contributed by atoms with E-state index in [0.717, 1.165) is 43.3 Å². The van der Waals surface area contributed by atoms with Crippen LogP contribution in [0.15, 0.2) is 18.5 Å². The highest BCUT2D eigenvalue weighted by atomic mass is 16.6. The maximum Gasteiger partial charge on any atom is 0.228 e. The second-order valence-corrected chi connectivity index (χ2v) is 7.06. The topological polar surface area (TPSA) is 112 Å². The lowest BCUT2D eigenvalue weighted by Gasteiger charge is -2.29. The molecule has 10 nitrogen and oxygen atoms in total. The fourth-order valence-electron chi connectivity index (χ4n) is 3.76. The van der Waals surface area contributed by atoms with Crippen LogP contribution in [0.25, 0.3) is 11.3 Å². The number of nitrogens with two attached hydrogens (primary N) is 1. The monoisotopic (exact) mass is 385 g/mol. The standard InChI is InChI=1S/C18H23N7O3/c19-17-20-8-12(9-21-17)13-7-16(24-1-3-26-4-2-24)23-18(22-13)25-10-14-15(11-25)28-6-5-27-14/h7-9,14-15H,1-6,10-11H2,(H2,19,20,21)/t14-,15-/m1/s1. The van der Waals surface area contributed by atoms with E-state index in [-0.39, 0.29) is 18.2 Å². The quantitative estimate of drug-likeness (QED) is 0.772. The molecule has 2 N–H and O–H groups in total. The first kappa shape index (κ1) is 17.5. The number of anilines is 3. The Kier molecular flexibility index (Phi) is 4.67. The van der Waals surface area contributed by atoms with E-state index in [1.54, 1.807) is 12.4 Å². The van der Waals surface area contributed by atoms with Crippen LogP contribution < -0.4 is 15.5 Å². The van der Waals surface area contributed by atoms with Crippen molar-refractivity contribution < 1.29 is 14.2 Å². The van der Waals surface area contributed by atoms with Gasteiger partial charge in [-0.3, -0.25) is 0 Å². The smallest absolute Gasteiger partial charge is 0.228 e. The van der Waals surface area contributed by atoms with E-state index in [1.165, 1.54) is 0 Å². The molecule has 2 aromatic rings. The third-order valence-electron chi connectivity index (χ3n) is 5.25. The number of nitrogen functional groups attached to an aromatic ring is 1. The summed E-state index contributed by atoms with van der Waals surface area (Å²) in [6, 6.07) is 1.97. The first-order valence-electron chi connectivity index (χ1n) is 9.54. The predicted molar refractivity (Wildman–Crippen MR) is 102 cm³/mol. The molecule has 3 aliphatic heterocycles. The largest absolute Gasteiger partial charge is 0.378 e. The van der Waals surface area contributed by atoms with Crippen LogP contribution in [-0.2, 0) is 14.2 Å². The summed E-state index contributed by atoms with van der Waals surface area (Å²) in [5.74, 6) is 1.78. The lowest BCUT2D eigenvalue weighted by atomic mass is 10.2. The molecule has 0 amide bonds. The molecule has 0 unspecified atom stereocenters. The van der Waals surface area contributed by atoms with Crippen LogP contribution in [0.5, 0.6) is 0 Å². The molecule has 2 atom stereocenters. The minimum atomic E-state index is 0.0627. The number of hydrogen-bond acceptors (Lipinski definition) is 10. The molecule has 0 radical (unpaired) electrons. The Morgan fingerprint density at radius 2 is 1.57 bits per heavy atom. The molecule has 28 heavy (non-hydrogen) atoms. The summed E-state index contributed by atoms with van der Waals surface area (Å²) >= 11 is 0. The highest BCUT2D eigenvalue weighted by Gasteiger charge is 2.38. The van der Waals surface area contributed by atoms with Crippen LogP contribution in [-0.4, -0.2) is 84.8 Å². The summed E-state index contributed by atoms with van der Waals surface area (Å²) in [6.07, 6.45) is 3.50. The lowest BCUT2D eigenvalue weighted by Crippen LogP contribution is -2.37. The summed E-state index contributed by atoms with van der Waals surface area (Å²) in [6.45, 7) is 5.68. The second kappa shape index (κ2) is 7.46. The van der Waals surface area contributed by atoms with Gasteiger partial charge in [-0.25, -0.2) is 15.0 Å². The van der Waals surface area contributed by atoms with E-state index in [9.17, 15) is 0 Å². The molecule has 148 valence electrons. The van der Waals surface area contributed by atoms with Crippen molar-refractivity contribution in [2.45, 2.75) is 12.2 Å². The van der Waals surface area contributed by atoms with Crippen LogP contribution in [0.1, 0.15) is 0 Å². The van der Waals surface area contributed by atoms with Crippen LogP contribution in [0.4, 0.5) is 17.7 Å². The molecule has 0 aromatic carbocycles. The molecule has 2 aromatic heterocycles.